The van der Waals surface area contributed by atoms with E-state index < -0.39 is 16.1 Å². The Labute approximate surface area is 133 Å². The van der Waals surface area contributed by atoms with Crippen molar-refractivity contribution < 1.29 is 18.3 Å². The molecule has 2 rings (SSSR count). The van der Waals surface area contributed by atoms with E-state index >= 15 is 0 Å². The molecular formula is C13H19BrN2O4S. The molecule has 118 valence electrons. The molecule has 1 fully saturated rings. The van der Waals surface area contributed by atoms with Crippen LogP contribution in [0.5, 0.6) is 5.75 Å². The second kappa shape index (κ2) is 6.12. The van der Waals surface area contributed by atoms with Crippen LogP contribution in [-0.2, 0) is 10.0 Å². The van der Waals surface area contributed by atoms with Crippen LogP contribution in [0.1, 0.15) is 13.3 Å². The summed E-state index contributed by atoms with van der Waals surface area (Å²) in [4.78, 5) is 0.0503. The van der Waals surface area contributed by atoms with Crippen LogP contribution in [0.3, 0.4) is 0 Å². The average molecular weight is 379 g/mol. The van der Waals surface area contributed by atoms with Crippen molar-refractivity contribution in [2.45, 2.75) is 24.3 Å². The molecule has 6 nitrogen and oxygen atoms in total. The van der Waals surface area contributed by atoms with Gasteiger partial charge in [-0.15, -0.1) is 0 Å². The van der Waals surface area contributed by atoms with Gasteiger partial charge in [0.2, 0.25) is 10.0 Å². The van der Waals surface area contributed by atoms with Crippen molar-refractivity contribution in [3.63, 3.8) is 0 Å². The van der Waals surface area contributed by atoms with E-state index in [4.69, 9.17) is 10.5 Å². The number of hydrogen-bond acceptors (Lipinski definition) is 5. The number of halogens is 1. The highest BCUT2D eigenvalue weighted by atomic mass is 79.9. The predicted molar refractivity (Wildman–Crippen MR) is 83.7 cm³/mol. The minimum atomic E-state index is -3.70. The van der Waals surface area contributed by atoms with Crippen LogP contribution >= 0.6 is 15.9 Å². The summed E-state index contributed by atoms with van der Waals surface area (Å²) in [5.41, 5.74) is 6.13. The Kier molecular flexibility index (Phi) is 4.82. The molecule has 0 radical (unpaired) electrons. The highest BCUT2D eigenvalue weighted by Gasteiger charge is 2.34. The number of anilines is 1. The first-order chi connectivity index (χ1) is 9.77. The lowest BCUT2D eigenvalue weighted by Crippen LogP contribution is -2.44. The van der Waals surface area contributed by atoms with Crippen LogP contribution < -0.4 is 10.5 Å². The molecule has 0 bridgehead atoms. The van der Waals surface area contributed by atoms with E-state index in [1.807, 2.05) is 6.92 Å². The Bertz CT molecular complexity index is 635. The first kappa shape index (κ1) is 16.5. The van der Waals surface area contributed by atoms with Crippen LogP contribution in [0.15, 0.2) is 21.5 Å². The summed E-state index contributed by atoms with van der Waals surface area (Å²) in [6.45, 7) is 2.40. The van der Waals surface area contributed by atoms with Crippen molar-refractivity contribution >= 4 is 31.6 Å². The maximum Gasteiger partial charge on any atom is 0.246 e. The van der Waals surface area contributed by atoms with Crippen molar-refractivity contribution in [1.29, 1.82) is 0 Å². The number of nitrogen functional groups attached to an aromatic ring is 1. The molecule has 1 aromatic carbocycles. The summed E-state index contributed by atoms with van der Waals surface area (Å²) in [6, 6.07) is 2.94. The number of nitrogens with two attached hydrogens (primary N) is 1. The number of piperidine rings is 1. The van der Waals surface area contributed by atoms with Gasteiger partial charge in [0.1, 0.15) is 10.6 Å². The summed E-state index contributed by atoms with van der Waals surface area (Å²) in [6.07, 6.45) is -0.0392. The largest absolute Gasteiger partial charge is 0.495 e. The van der Waals surface area contributed by atoms with Crippen LogP contribution in [-0.4, -0.2) is 44.1 Å². The maximum atomic E-state index is 12.8. The van der Waals surface area contributed by atoms with Gasteiger partial charge in [-0.1, -0.05) is 6.92 Å². The summed E-state index contributed by atoms with van der Waals surface area (Å²) >= 11 is 3.25. The van der Waals surface area contributed by atoms with Gasteiger partial charge in [0, 0.05) is 23.2 Å². The number of methoxy groups -OCH3 is 1. The number of nitrogens with zero attached hydrogens (tertiary/aromatic N) is 1. The van der Waals surface area contributed by atoms with Crippen molar-refractivity contribution in [3.8, 4) is 5.75 Å². The molecule has 0 spiro atoms. The third kappa shape index (κ3) is 3.18. The molecular weight excluding hydrogens is 360 g/mol. The van der Waals surface area contributed by atoms with Gasteiger partial charge in [-0.3, -0.25) is 0 Å². The molecule has 3 N–H and O–H groups in total. The predicted octanol–water partition coefficient (Wildman–Crippen LogP) is 1.43. The number of rotatable bonds is 3. The maximum absolute atomic E-state index is 12.8. The van der Waals surface area contributed by atoms with Crippen LogP contribution in [0, 0.1) is 5.92 Å². The van der Waals surface area contributed by atoms with E-state index in [2.05, 4.69) is 15.9 Å². The smallest absolute Gasteiger partial charge is 0.246 e. The Balaban J connectivity index is 2.42. The first-order valence-corrected chi connectivity index (χ1v) is 8.82. The number of ether oxygens (including phenoxy) is 1. The van der Waals surface area contributed by atoms with Gasteiger partial charge in [-0.2, -0.15) is 4.31 Å². The number of sulfonamides is 1. The molecule has 8 heteroatoms. The Morgan fingerprint density at radius 3 is 2.71 bits per heavy atom. The summed E-state index contributed by atoms with van der Waals surface area (Å²) in [7, 11) is -2.29. The molecule has 1 aromatic rings. The summed E-state index contributed by atoms with van der Waals surface area (Å²) in [5, 5.41) is 9.74. The van der Waals surface area contributed by atoms with Gasteiger partial charge in [-0.05, 0) is 40.4 Å². The zero-order valence-corrected chi connectivity index (χ0v) is 14.3. The molecule has 1 aliphatic rings. The quantitative estimate of drug-likeness (QED) is 0.776. The zero-order chi connectivity index (χ0) is 15.8. The summed E-state index contributed by atoms with van der Waals surface area (Å²) < 4.78 is 32.7. The number of benzene rings is 1. The molecule has 2 unspecified atom stereocenters. The van der Waals surface area contributed by atoms with Gasteiger partial charge < -0.3 is 15.6 Å². The fourth-order valence-corrected chi connectivity index (χ4v) is 4.41. The van der Waals surface area contributed by atoms with Gasteiger partial charge in [0.25, 0.3) is 0 Å². The highest BCUT2D eigenvalue weighted by molar-refractivity contribution is 9.10. The van der Waals surface area contributed by atoms with Gasteiger partial charge in [-0.25, -0.2) is 8.42 Å². The first-order valence-electron chi connectivity index (χ1n) is 6.58. The molecule has 0 aromatic heterocycles. The van der Waals surface area contributed by atoms with E-state index in [9.17, 15) is 13.5 Å². The molecule has 1 aliphatic heterocycles. The number of hydrogen-bond donors (Lipinski definition) is 2. The molecule has 1 heterocycles. The minimum Gasteiger partial charge on any atom is -0.495 e. The third-order valence-electron chi connectivity index (χ3n) is 3.72. The Hall–Kier alpha value is -0.830. The topological polar surface area (TPSA) is 92.9 Å². The van der Waals surface area contributed by atoms with Crippen LogP contribution in [0.25, 0.3) is 0 Å². The molecule has 1 saturated heterocycles. The fourth-order valence-electron chi connectivity index (χ4n) is 2.36. The third-order valence-corrected chi connectivity index (χ3v) is 6.30. The number of aliphatic hydroxyl groups excluding tert-OH is 1. The number of aliphatic hydroxyl groups is 1. The minimum absolute atomic E-state index is 0.0503. The standard InChI is InChI=1S/C13H19BrN2O4S/c1-8-7-16(4-3-11(8)17)21(18,19)13-6-10(15)9(14)5-12(13)20-2/h5-6,8,11,17H,3-4,7,15H2,1-2H3. The lowest BCUT2D eigenvalue weighted by molar-refractivity contribution is 0.0628. The lowest BCUT2D eigenvalue weighted by Gasteiger charge is -2.33. The van der Waals surface area contributed by atoms with Gasteiger partial charge in [0.15, 0.2) is 0 Å². The molecule has 0 aliphatic carbocycles. The van der Waals surface area contributed by atoms with E-state index in [-0.39, 0.29) is 29.7 Å². The van der Waals surface area contributed by atoms with E-state index in [1.165, 1.54) is 17.5 Å². The highest BCUT2D eigenvalue weighted by Crippen LogP contribution is 2.35. The molecule has 0 amide bonds. The van der Waals surface area contributed by atoms with Crippen molar-refractivity contribution in [3.05, 3.63) is 16.6 Å². The molecule has 0 saturated carbocycles. The normalized spacial score (nSPS) is 24.0. The molecule has 21 heavy (non-hydrogen) atoms. The van der Waals surface area contributed by atoms with Crippen molar-refractivity contribution in [2.24, 2.45) is 5.92 Å². The van der Waals surface area contributed by atoms with Crippen LogP contribution in [0.2, 0.25) is 0 Å². The Morgan fingerprint density at radius 1 is 1.48 bits per heavy atom. The lowest BCUT2D eigenvalue weighted by atomic mass is 9.99. The van der Waals surface area contributed by atoms with E-state index in [0.717, 1.165) is 0 Å². The van der Waals surface area contributed by atoms with Crippen LogP contribution in [0.4, 0.5) is 5.69 Å². The second-order valence-electron chi connectivity index (χ2n) is 5.22. The SMILES string of the molecule is COc1cc(Br)c(N)cc1S(=O)(=O)N1CCC(O)C(C)C1. The monoisotopic (exact) mass is 378 g/mol. The van der Waals surface area contributed by atoms with Crippen molar-refractivity contribution in [2.75, 3.05) is 25.9 Å². The van der Waals surface area contributed by atoms with Crippen molar-refractivity contribution in [1.82, 2.24) is 4.31 Å². The van der Waals surface area contributed by atoms with E-state index in [1.54, 1.807) is 6.07 Å². The van der Waals surface area contributed by atoms with E-state index in [0.29, 0.717) is 16.6 Å². The molecule has 2 atom stereocenters. The average Bonchev–Trinajstić information content (AvgIpc) is 2.44. The van der Waals surface area contributed by atoms with Gasteiger partial charge in [0.05, 0.1) is 13.2 Å². The Morgan fingerprint density at radius 2 is 2.14 bits per heavy atom. The van der Waals surface area contributed by atoms with Gasteiger partial charge >= 0.3 is 0 Å². The second-order valence-corrected chi connectivity index (χ2v) is 7.98. The fraction of sp³-hybridized carbons (Fsp3) is 0.538. The zero-order valence-electron chi connectivity index (χ0n) is 11.9. The summed E-state index contributed by atoms with van der Waals surface area (Å²) in [5.74, 6) is 0.141.